The maximum absolute atomic E-state index is 13.1. The van der Waals surface area contributed by atoms with Gasteiger partial charge >= 0.3 is 0 Å². The van der Waals surface area contributed by atoms with Crippen LogP contribution in [0.5, 0.6) is 0 Å². The number of nitrogens with zero attached hydrogens (tertiary/aromatic N) is 1. The lowest BCUT2D eigenvalue weighted by atomic mass is 9.92. The first-order valence-electron chi connectivity index (χ1n) is 4.70. The Kier molecular flexibility index (Phi) is 3.17. The van der Waals surface area contributed by atoms with Crippen LogP contribution >= 0.6 is 15.9 Å². The van der Waals surface area contributed by atoms with Crippen molar-refractivity contribution in [2.75, 3.05) is 19.9 Å². The highest BCUT2D eigenvalue weighted by Gasteiger charge is 2.33. The molecule has 1 atom stereocenters. The molecule has 0 saturated heterocycles. The lowest BCUT2D eigenvalue weighted by Gasteiger charge is -2.29. The van der Waals surface area contributed by atoms with Crippen LogP contribution in [0, 0.1) is 0 Å². The smallest absolute Gasteiger partial charge is 0.137 e. The molecule has 1 heterocycles. The van der Waals surface area contributed by atoms with E-state index in [2.05, 4.69) is 20.9 Å². The van der Waals surface area contributed by atoms with Crippen molar-refractivity contribution < 1.29 is 9.13 Å². The summed E-state index contributed by atoms with van der Waals surface area (Å²) in [6.07, 6.45) is 1.63. The molecule has 0 fully saturated rings. The van der Waals surface area contributed by atoms with Gasteiger partial charge in [0.2, 0.25) is 0 Å². The van der Waals surface area contributed by atoms with E-state index >= 15 is 0 Å². The summed E-state index contributed by atoms with van der Waals surface area (Å²) < 4.78 is 19.3. The Morgan fingerprint density at radius 1 is 1.53 bits per heavy atom. The standard InChI is InChI=1S/C11H11BrFNO/c12-10-3-1-2-9(6-10)11(7-13)8-15-5-4-14-11/h1-4,6H,5,7-8H2. The number of hydrogen-bond donors (Lipinski definition) is 0. The van der Waals surface area contributed by atoms with Gasteiger partial charge in [0.05, 0.1) is 13.2 Å². The third-order valence-electron chi connectivity index (χ3n) is 2.45. The van der Waals surface area contributed by atoms with Crippen molar-refractivity contribution in [1.29, 1.82) is 0 Å². The minimum absolute atomic E-state index is 0.302. The molecule has 0 radical (unpaired) electrons. The summed E-state index contributed by atoms with van der Waals surface area (Å²) in [7, 11) is 0. The molecule has 1 unspecified atom stereocenters. The van der Waals surface area contributed by atoms with Gasteiger partial charge in [-0.15, -0.1) is 0 Å². The van der Waals surface area contributed by atoms with Crippen molar-refractivity contribution in [3.05, 3.63) is 34.3 Å². The molecule has 2 nitrogen and oxygen atoms in total. The molecule has 0 N–H and O–H groups in total. The maximum Gasteiger partial charge on any atom is 0.137 e. The minimum Gasteiger partial charge on any atom is -0.373 e. The van der Waals surface area contributed by atoms with E-state index in [1.807, 2.05) is 24.3 Å². The van der Waals surface area contributed by atoms with Crippen LogP contribution in [0.25, 0.3) is 0 Å². The van der Waals surface area contributed by atoms with Crippen LogP contribution < -0.4 is 0 Å². The highest BCUT2D eigenvalue weighted by molar-refractivity contribution is 9.10. The molecule has 0 saturated carbocycles. The first-order valence-corrected chi connectivity index (χ1v) is 5.50. The fourth-order valence-corrected chi connectivity index (χ4v) is 2.02. The second kappa shape index (κ2) is 4.41. The molecule has 2 rings (SSSR count). The predicted molar refractivity (Wildman–Crippen MR) is 61.1 cm³/mol. The van der Waals surface area contributed by atoms with Crippen LogP contribution in [0.15, 0.2) is 33.7 Å². The number of hydrogen-bond acceptors (Lipinski definition) is 2. The Balaban J connectivity index is 2.41. The molecule has 1 aromatic rings. The zero-order valence-electron chi connectivity index (χ0n) is 8.12. The van der Waals surface area contributed by atoms with E-state index in [1.165, 1.54) is 0 Å². The lowest BCUT2D eigenvalue weighted by molar-refractivity contribution is 0.0864. The van der Waals surface area contributed by atoms with Gasteiger partial charge in [-0.3, -0.25) is 4.99 Å². The summed E-state index contributed by atoms with van der Waals surface area (Å²) >= 11 is 3.37. The second-order valence-corrected chi connectivity index (χ2v) is 4.42. The molecule has 1 aromatic carbocycles. The molecule has 4 heteroatoms. The lowest BCUT2D eigenvalue weighted by Crippen LogP contribution is -2.36. The Morgan fingerprint density at radius 3 is 3.00 bits per heavy atom. The van der Waals surface area contributed by atoms with E-state index in [0.29, 0.717) is 13.2 Å². The Morgan fingerprint density at radius 2 is 2.40 bits per heavy atom. The Bertz CT molecular complexity index is 383. The average molecular weight is 272 g/mol. The van der Waals surface area contributed by atoms with E-state index in [-0.39, 0.29) is 0 Å². The summed E-state index contributed by atoms with van der Waals surface area (Å²) in [5.74, 6) is 0. The minimum atomic E-state index is -0.845. The van der Waals surface area contributed by atoms with Gasteiger partial charge in [0.25, 0.3) is 0 Å². The molecular weight excluding hydrogens is 261 g/mol. The van der Waals surface area contributed by atoms with Crippen molar-refractivity contribution >= 4 is 22.1 Å². The molecule has 1 aliphatic heterocycles. The highest BCUT2D eigenvalue weighted by Crippen LogP contribution is 2.30. The normalized spacial score (nSPS) is 25.5. The van der Waals surface area contributed by atoms with Crippen molar-refractivity contribution in [2.45, 2.75) is 5.54 Å². The number of alkyl halides is 1. The summed E-state index contributed by atoms with van der Waals surface area (Å²) in [5, 5.41) is 0. The van der Waals surface area contributed by atoms with Crippen LogP contribution in [-0.2, 0) is 10.3 Å². The van der Waals surface area contributed by atoms with Crippen molar-refractivity contribution in [3.63, 3.8) is 0 Å². The summed E-state index contributed by atoms with van der Waals surface area (Å²) in [6, 6.07) is 7.53. The van der Waals surface area contributed by atoms with E-state index in [1.54, 1.807) is 6.21 Å². The van der Waals surface area contributed by atoms with Gasteiger partial charge < -0.3 is 4.74 Å². The van der Waals surface area contributed by atoms with Gasteiger partial charge in [-0.25, -0.2) is 4.39 Å². The number of benzene rings is 1. The number of aliphatic imine (C=N–C) groups is 1. The van der Waals surface area contributed by atoms with Crippen molar-refractivity contribution in [1.82, 2.24) is 0 Å². The Labute approximate surface area is 96.3 Å². The third-order valence-corrected chi connectivity index (χ3v) is 2.95. The quantitative estimate of drug-likeness (QED) is 0.811. The van der Waals surface area contributed by atoms with E-state index in [0.717, 1.165) is 10.0 Å². The van der Waals surface area contributed by atoms with Crippen LogP contribution in [0.4, 0.5) is 4.39 Å². The first-order chi connectivity index (χ1) is 7.27. The topological polar surface area (TPSA) is 21.6 Å². The van der Waals surface area contributed by atoms with Gasteiger partial charge in [-0.1, -0.05) is 28.1 Å². The van der Waals surface area contributed by atoms with E-state index in [9.17, 15) is 4.39 Å². The fraction of sp³-hybridized carbons (Fsp3) is 0.364. The van der Waals surface area contributed by atoms with Crippen molar-refractivity contribution in [2.24, 2.45) is 4.99 Å². The van der Waals surface area contributed by atoms with Crippen LogP contribution in [-0.4, -0.2) is 26.1 Å². The summed E-state index contributed by atoms with van der Waals surface area (Å²) in [5.41, 5.74) is -0.00231. The highest BCUT2D eigenvalue weighted by atomic mass is 79.9. The molecule has 0 spiro atoms. The number of rotatable bonds is 2. The molecular formula is C11H11BrFNO. The monoisotopic (exact) mass is 271 g/mol. The van der Waals surface area contributed by atoms with Crippen LogP contribution in [0.1, 0.15) is 5.56 Å². The molecule has 0 amide bonds. The maximum atomic E-state index is 13.1. The van der Waals surface area contributed by atoms with Gasteiger partial charge in [-0.05, 0) is 17.7 Å². The molecule has 15 heavy (non-hydrogen) atoms. The zero-order valence-corrected chi connectivity index (χ0v) is 9.71. The van der Waals surface area contributed by atoms with E-state index in [4.69, 9.17) is 4.74 Å². The Hall–Kier alpha value is -0.740. The first kappa shape index (κ1) is 10.8. The van der Waals surface area contributed by atoms with Crippen LogP contribution in [0.3, 0.4) is 0 Å². The van der Waals surface area contributed by atoms with Gasteiger partial charge in [0.15, 0.2) is 0 Å². The second-order valence-electron chi connectivity index (χ2n) is 3.50. The number of halogens is 2. The third kappa shape index (κ3) is 2.11. The molecule has 0 aromatic heterocycles. The summed E-state index contributed by atoms with van der Waals surface area (Å²) in [4.78, 5) is 4.24. The molecule has 1 aliphatic rings. The van der Waals surface area contributed by atoms with Gasteiger partial charge in [0.1, 0.15) is 12.2 Å². The number of ether oxygens (including phenoxy) is 1. The molecule has 0 bridgehead atoms. The summed E-state index contributed by atoms with van der Waals surface area (Å²) in [6.45, 7) is 0.228. The van der Waals surface area contributed by atoms with Gasteiger partial charge in [-0.2, -0.15) is 0 Å². The van der Waals surface area contributed by atoms with Crippen LogP contribution in [0.2, 0.25) is 0 Å². The average Bonchev–Trinajstić information content (AvgIpc) is 2.30. The zero-order chi connectivity index (χ0) is 10.7. The fourth-order valence-electron chi connectivity index (χ4n) is 1.62. The van der Waals surface area contributed by atoms with Crippen molar-refractivity contribution in [3.8, 4) is 0 Å². The largest absolute Gasteiger partial charge is 0.373 e. The van der Waals surface area contributed by atoms with Gasteiger partial charge in [0, 0.05) is 10.7 Å². The predicted octanol–water partition coefficient (Wildman–Crippen LogP) is 2.71. The molecule has 80 valence electrons. The SMILES string of the molecule is FCC1(c2cccc(Br)c2)COCC=N1. The van der Waals surface area contributed by atoms with E-state index < -0.39 is 12.2 Å². The molecule has 0 aliphatic carbocycles.